The third-order valence-corrected chi connectivity index (χ3v) is 7.67. The summed E-state index contributed by atoms with van der Waals surface area (Å²) in [6.45, 7) is 0. The minimum absolute atomic E-state index is 1.12. The lowest BCUT2D eigenvalue weighted by Gasteiger charge is -2.28. The zero-order valence-corrected chi connectivity index (χ0v) is 22.7. The Labute approximate surface area is 241 Å². The van der Waals surface area contributed by atoms with Crippen molar-refractivity contribution in [3.8, 4) is 33.4 Å². The van der Waals surface area contributed by atoms with Crippen molar-refractivity contribution in [2.24, 2.45) is 0 Å². The van der Waals surface area contributed by atoms with Crippen LogP contribution in [0, 0.1) is 0 Å². The first-order valence-electron chi connectivity index (χ1n) is 14.0. The smallest absolute Gasteiger partial charge is 0.0540 e. The van der Waals surface area contributed by atoms with Crippen molar-refractivity contribution in [2.75, 3.05) is 4.90 Å². The Balaban J connectivity index is 1.36. The number of hydrogen-bond acceptors (Lipinski definition) is 1. The third kappa shape index (κ3) is 4.90. The number of rotatable bonds is 6. The first-order valence-corrected chi connectivity index (χ1v) is 14.0. The second-order valence-electron chi connectivity index (χ2n) is 10.2. The summed E-state index contributed by atoms with van der Waals surface area (Å²) < 4.78 is 0. The highest BCUT2D eigenvalue weighted by molar-refractivity contribution is 5.98. The summed E-state index contributed by atoms with van der Waals surface area (Å²) >= 11 is 0. The molecule has 0 saturated carbocycles. The average Bonchev–Trinajstić information content (AvgIpc) is 3.06. The molecule has 0 atom stereocenters. The molecule has 7 aromatic carbocycles. The Morgan fingerprint density at radius 2 is 0.854 bits per heavy atom. The second-order valence-corrected chi connectivity index (χ2v) is 10.2. The molecule has 7 aromatic rings. The van der Waals surface area contributed by atoms with Crippen LogP contribution in [0.3, 0.4) is 0 Å². The molecule has 0 amide bonds. The fourth-order valence-electron chi connectivity index (χ4n) is 5.68. The first kappa shape index (κ1) is 24.6. The maximum Gasteiger partial charge on any atom is 0.0540 e. The molecule has 0 fully saturated rings. The van der Waals surface area contributed by atoms with Gasteiger partial charge in [-0.3, -0.25) is 0 Å². The number of fused-ring (bicyclic) bond motifs is 1. The van der Waals surface area contributed by atoms with Crippen LogP contribution in [0.15, 0.2) is 176 Å². The predicted molar refractivity (Wildman–Crippen MR) is 175 cm³/mol. The molecule has 0 unspecified atom stereocenters. The van der Waals surface area contributed by atoms with Gasteiger partial charge in [-0.05, 0) is 68.9 Å². The largest absolute Gasteiger partial charge is 0.310 e. The van der Waals surface area contributed by atoms with E-state index in [0.29, 0.717) is 0 Å². The van der Waals surface area contributed by atoms with E-state index in [1.807, 2.05) is 0 Å². The molecule has 41 heavy (non-hydrogen) atoms. The first-order chi connectivity index (χ1) is 20.3. The monoisotopic (exact) mass is 523 g/mol. The Kier molecular flexibility index (Phi) is 6.61. The summed E-state index contributed by atoms with van der Waals surface area (Å²) in [7, 11) is 0. The molecule has 1 heteroatoms. The second kappa shape index (κ2) is 11.0. The van der Waals surface area contributed by atoms with Gasteiger partial charge in [-0.2, -0.15) is 0 Å². The standard InChI is InChI=1S/C40H29N/c1-3-13-30(14-4-1)31-25-27-33(28-26-31)39-22-9-10-24-40(39)41(35-18-5-2-6-19-35)36-20-11-17-34(29-36)38-23-12-16-32-15-7-8-21-37(32)38/h1-29H. The maximum atomic E-state index is 2.37. The van der Waals surface area contributed by atoms with E-state index < -0.39 is 0 Å². The van der Waals surface area contributed by atoms with Crippen LogP contribution in [0.2, 0.25) is 0 Å². The van der Waals surface area contributed by atoms with Gasteiger partial charge in [0.1, 0.15) is 0 Å². The van der Waals surface area contributed by atoms with Crippen molar-refractivity contribution in [2.45, 2.75) is 0 Å². The van der Waals surface area contributed by atoms with Gasteiger partial charge in [0.15, 0.2) is 0 Å². The molecule has 0 aliphatic rings. The van der Waals surface area contributed by atoms with Gasteiger partial charge >= 0.3 is 0 Å². The molecule has 0 bridgehead atoms. The van der Waals surface area contributed by atoms with Gasteiger partial charge in [0.05, 0.1) is 5.69 Å². The molecule has 7 rings (SSSR count). The molecule has 0 aromatic heterocycles. The van der Waals surface area contributed by atoms with Crippen molar-refractivity contribution in [1.82, 2.24) is 0 Å². The van der Waals surface area contributed by atoms with Gasteiger partial charge in [0, 0.05) is 16.9 Å². The molecular formula is C40H29N. The van der Waals surface area contributed by atoms with Crippen LogP contribution >= 0.6 is 0 Å². The maximum absolute atomic E-state index is 2.37. The Morgan fingerprint density at radius 3 is 1.68 bits per heavy atom. The van der Waals surface area contributed by atoms with E-state index in [9.17, 15) is 0 Å². The summed E-state index contributed by atoms with van der Waals surface area (Å²) in [6, 6.07) is 62.8. The van der Waals surface area contributed by atoms with E-state index in [0.717, 1.165) is 17.1 Å². The Morgan fingerprint density at radius 1 is 0.317 bits per heavy atom. The van der Waals surface area contributed by atoms with Crippen LogP contribution < -0.4 is 4.90 Å². The van der Waals surface area contributed by atoms with Gasteiger partial charge in [0.25, 0.3) is 0 Å². The van der Waals surface area contributed by atoms with E-state index in [2.05, 4.69) is 181 Å². The zero-order chi connectivity index (χ0) is 27.4. The summed E-state index contributed by atoms with van der Waals surface area (Å²) in [6.07, 6.45) is 0. The molecule has 0 radical (unpaired) electrons. The van der Waals surface area contributed by atoms with E-state index in [1.165, 1.54) is 44.2 Å². The van der Waals surface area contributed by atoms with Crippen LogP contribution in [0.4, 0.5) is 17.1 Å². The normalized spacial score (nSPS) is 10.9. The minimum atomic E-state index is 1.12. The zero-order valence-electron chi connectivity index (χ0n) is 22.7. The predicted octanol–water partition coefficient (Wildman–Crippen LogP) is 11.3. The van der Waals surface area contributed by atoms with Crippen LogP contribution in [0.5, 0.6) is 0 Å². The summed E-state index contributed by atoms with van der Waals surface area (Å²) in [5.74, 6) is 0. The van der Waals surface area contributed by atoms with E-state index in [1.54, 1.807) is 0 Å². The molecule has 0 aliphatic carbocycles. The Hall–Kier alpha value is -5.40. The van der Waals surface area contributed by atoms with Crippen molar-refractivity contribution in [1.29, 1.82) is 0 Å². The lowest BCUT2D eigenvalue weighted by molar-refractivity contribution is 1.28. The molecule has 1 nitrogen and oxygen atoms in total. The van der Waals surface area contributed by atoms with Gasteiger partial charge in [-0.15, -0.1) is 0 Å². The minimum Gasteiger partial charge on any atom is -0.310 e. The molecule has 0 spiro atoms. The van der Waals surface area contributed by atoms with Crippen LogP contribution in [0.25, 0.3) is 44.2 Å². The van der Waals surface area contributed by atoms with E-state index in [4.69, 9.17) is 0 Å². The summed E-state index contributed by atoms with van der Waals surface area (Å²) in [5.41, 5.74) is 10.6. The van der Waals surface area contributed by atoms with Crippen molar-refractivity contribution >= 4 is 27.8 Å². The van der Waals surface area contributed by atoms with Crippen molar-refractivity contribution in [3.63, 3.8) is 0 Å². The van der Waals surface area contributed by atoms with Gasteiger partial charge < -0.3 is 4.90 Å². The highest BCUT2D eigenvalue weighted by Crippen LogP contribution is 2.42. The van der Waals surface area contributed by atoms with E-state index >= 15 is 0 Å². The van der Waals surface area contributed by atoms with Gasteiger partial charge in [0.2, 0.25) is 0 Å². The van der Waals surface area contributed by atoms with Crippen molar-refractivity contribution in [3.05, 3.63) is 176 Å². The highest BCUT2D eigenvalue weighted by atomic mass is 15.1. The summed E-state index contributed by atoms with van der Waals surface area (Å²) in [5, 5.41) is 2.51. The quantitative estimate of drug-likeness (QED) is 0.209. The summed E-state index contributed by atoms with van der Waals surface area (Å²) in [4.78, 5) is 2.37. The molecule has 0 aliphatic heterocycles. The molecule has 0 N–H and O–H groups in total. The fraction of sp³-hybridized carbons (Fsp3) is 0. The molecule has 0 saturated heterocycles. The number of benzene rings is 7. The van der Waals surface area contributed by atoms with Gasteiger partial charge in [-0.1, -0.05) is 146 Å². The number of para-hydroxylation sites is 2. The highest BCUT2D eigenvalue weighted by Gasteiger charge is 2.17. The van der Waals surface area contributed by atoms with Crippen molar-refractivity contribution < 1.29 is 0 Å². The SMILES string of the molecule is c1ccc(-c2ccc(-c3ccccc3N(c3ccccc3)c3cccc(-c4cccc5ccccc45)c3)cc2)cc1. The third-order valence-electron chi connectivity index (χ3n) is 7.67. The van der Waals surface area contributed by atoms with Crippen LogP contribution in [-0.4, -0.2) is 0 Å². The van der Waals surface area contributed by atoms with Crippen LogP contribution in [0.1, 0.15) is 0 Å². The Bertz CT molecular complexity index is 1920. The number of hydrogen-bond donors (Lipinski definition) is 0. The number of nitrogens with zero attached hydrogens (tertiary/aromatic N) is 1. The lowest BCUT2D eigenvalue weighted by atomic mass is 9.96. The van der Waals surface area contributed by atoms with E-state index in [-0.39, 0.29) is 0 Å². The average molecular weight is 524 g/mol. The topological polar surface area (TPSA) is 3.24 Å². The molecule has 0 heterocycles. The van der Waals surface area contributed by atoms with Crippen LogP contribution in [-0.2, 0) is 0 Å². The van der Waals surface area contributed by atoms with Gasteiger partial charge in [-0.25, -0.2) is 0 Å². The molecular weight excluding hydrogens is 494 g/mol. The molecule has 194 valence electrons. The fourth-order valence-corrected chi connectivity index (χ4v) is 5.68. The lowest BCUT2D eigenvalue weighted by Crippen LogP contribution is -2.11. The number of anilines is 3.